The number of hydrogen-bond donors (Lipinski definition) is 1. The molecule has 124 valence electrons. The molecular formula is C20H32O2. The lowest BCUT2D eigenvalue weighted by Gasteiger charge is -2.60. The van der Waals surface area contributed by atoms with Gasteiger partial charge in [-0.1, -0.05) is 33.8 Å². The number of aliphatic hydroxyl groups is 1. The smallest absolute Gasteiger partial charge is 0.136 e. The van der Waals surface area contributed by atoms with Crippen LogP contribution < -0.4 is 0 Å². The summed E-state index contributed by atoms with van der Waals surface area (Å²) in [6.45, 7) is 11.3. The fourth-order valence-corrected chi connectivity index (χ4v) is 6.29. The maximum Gasteiger partial charge on any atom is 0.136 e. The van der Waals surface area contributed by atoms with E-state index in [0.29, 0.717) is 34.4 Å². The van der Waals surface area contributed by atoms with Gasteiger partial charge in [0.15, 0.2) is 0 Å². The normalized spacial score (nSPS) is 44.1. The second-order valence-electron chi connectivity index (χ2n) is 9.11. The third-order valence-electron chi connectivity index (χ3n) is 7.57. The molecule has 2 heteroatoms. The van der Waals surface area contributed by atoms with Gasteiger partial charge in [0.05, 0.1) is 6.61 Å². The number of ketones is 1. The lowest BCUT2D eigenvalue weighted by Crippen LogP contribution is -2.56. The molecule has 3 fully saturated rings. The number of fused-ring (bicyclic) bond motifs is 3. The Balaban J connectivity index is 1.87. The number of hydrogen-bond acceptors (Lipinski definition) is 2. The molecule has 3 aliphatic rings. The van der Waals surface area contributed by atoms with Crippen molar-refractivity contribution >= 4 is 5.78 Å². The van der Waals surface area contributed by atoms with Crippen molar-refractivity contribution in [3.8, 4) is 0 Å². The third-order valence-corrected chi connectivity index (χ3v) is 7.57. The summed E-state index contributed by atoms with van der Waals surface area (Å²) in [4.78, 5) is 12.9. The van der Waals surface area contributed by atoms with E-state index < -0.39 is 0 Å². The summed E-state index contributed by atoms with van der Waals surface area (Å²) in [5.41, 5.74) is 1.58. The molecule has 22 heavy (non-hydrogen) atoms. The predicted molar refractivity (Wildman–Crippen MR) is 89.4 cm³/mol. The first-order chi connectivity index (χ1) is 10.3. The van der Waals surface area contributed by atoms with Crippen molar-refractivity contribution in [2.24, 2.45) is 34.5 Å². The topological polar surface area (TPSA) is 37.3 Å². The van der Waals surface area contributed by atoms with Crippen molar-refractivity contribution in [2.45, 2.75) is 65.7 Å². The van der Waals surface area contributed by atoms with Gasteiger partial charge in [-0.3, -0.25) is 4.79 Å². The zero-order valence-corrected chi connectivity index (χ0v) is 14.5. The molecule has 5 atom stereocenters. The number of aliphatic hydroxyl groups excluding tert-OH is 1. The standard InChI is InChI=1S/C20H32O2/c1-13(12-21)14-6-7-16-15(10-14)17(22)11-18-19(2,3)8-5-9-20(16,18)4/h14-16,18,21H,1,5-12H2,2-4H3/t14-,15+,16-,18+,20+/m0/s1. The van der Waals surface area contributed by atoms with Crippen LogP contribution in [0.4, 0.5) is 0 Å². The van der Waals surface area contributed by atoms with Crippen molar-refractivity contribution in [1.82, 2.24) is 0 Å². The first-order valence-corrected chi connectivity index (χ1v) is 9.11. The van der Waals surface area contributed by atoms with Gasteiger partial charge in [-0.25, -0.2) is 0 Å². The minimum Gasteiger partial charge on any atom is -0.392 e. The van der Waals surface area contributed by atoms with Gasteiger partial charge in [0.2, 0.25) is 0 Å². The van der Waals surface area contributed by atoms with Gasteiger partial charge in [-0.05, 0) is 66.3 Å². The van der Waals surface area contributed by atoms with Crippen molar-refractivity contribution in [1.29, 1.82) is 0 Å². The highest BCUT2D eigenvalue weighted by Gasteiger charge is 2.58. The molecule has 2 nitrogen and oxygen atoms in total. The SMILES string of the molecule is C=C(CO)[C@H]1CC[C@H]2[C@@H](C1)C(=O)C[C@@H]1C(C)(C)CCC[C@@]12C. The Morgan fingerprint density at radius 3 is 2.68 bits per heavy atom. The molecule has 0 saturated heterocycles. The van der Waals surface area contributed by atoms with E-state index in [2.05, 4.69) is 27.4 Å². The van der Waals surface area contributed by atoms with Gasteiger partial charge in [0.25, 0.3) is 0 Å². The molecule has 3 saturated carbocycles. The summed E-state index contributed by atoms with van der Waals surface area (Å²) in [5, 5.41) is 9.37. The first kappa shape index (κ1) is 16.2. The quantitative estimate of drug-likeness (QED) is 0.769. The number of carbonyl (C=O) groups is 1. The maximum atomic E-state index is 12.9. The van der Waals surface area contributed by atoms with Gasteiger partial charge in [-0.15, -0.1) is 0 Å². The monoisotopic (exact) mass is 304 g/mol. The molecule has 3 aliphatic carbocycles. The zero-order chi connectivity index (χ0) is 16.1. The molecule has 0 aromatic rings. The maximum absolute atomic E-state index is 12.9. The summed E-state index contributed by atoms with van der Waals surface area (Å²) < 4.78 is 0. The van der Waals surface area contributed by atoms with E-state index in [-0.39, 0.29) is 12.5 Å². The third kappa shape index (κ3) is 2.38. The van der Waals surface area contributed by atoms with Gasteiger partial charge in [0.1, 0.15) is 5.78 Å². The van der Waals surface area contributed by atoms with Crippen LogP contribution in [0.15, 0.2) is 12.2 Å². The van der Waals surface area contributed by atoms with Crippen LogP contribution in [0.2, 0.25) is 0 Å². The fraction of sp³-hybridized carbons (Fsp3) is 0.850. The second-order valence-corrected chi connectivity index (χ2v) is 9.11. The minimum atomic E-state index is 0.0726. The van der Waals surface area contributed by atoms with Crippen molar-refractivity contribution in [3.05, 3.63) is 12.2 Å². The van der Waals surface area contributed by atoms with E-state index in [1.54, 1.807) is 0 Å². The van der Waals surface area contributed by atoms with E-state index in [4.69, 9.17) is 0 Å². The van der Waals surface area contributed by atoms with E-state index in [9.17, 15) is 9.90 Å². The lowest BCUT2D eigenvalue weighted by atomic mass is 9.44. The number of Topliss-reactive ketones (excluding diaryl/α,β-unsaturated/α-hetero) is 1. The highest BCUT2D eigenvalue weighted by molar-refractivity contribution is 5.83. The van der Waals surface area contributed by atoms with Crippen molar-refractivity contribution in [2.75, 3.05) is 6.61 Å². The van der Waals surface area contributed by atoms with Crippen LogP contribution in [0.25, 0.3) is 0 Å². The van der Waals surface area contributed by atoms with Gasteiger partial charge in [0, 0.05) is 12.3 Å². The second kappa shape index (κ2) is 5.47. The molecule has 0 heterocycles. The van der Waals surface area contributed by atoms with Crippen LogP contribution in [0.1, 0.15) is 65.7 Å². The predicted octanol–water partition coefficient (Wildman–Crippen LogP) is 4.37. The van der Waals surface area contributed by atoms with Crippen LogP contribution in [-0.2, 0) is 4.79 Å². The van der Waals surface area contributed by atoms with Gasteiger partial charge < -0.3 is 5.11 Å². The summed E-state index contributed by atoms with van der Waals surface area (Å²) in [7, 11) is 0. The van der Waals surface area contributed by atoms with Crippen LogP contribution in [0, 0.1) is 34.5 Å². The molecule has 0 radical (unpaired) electrons. The van der Waals surface area contributed by atoms with Crippen LogP contribution in [0.5, 0.6) is 0 Å². The first-order valence-electron chi connectivity index (χ1n) is 9.11. The minimum absolute atomic E-state index is 0.0726. The highest BCUT2D eigenvalue weighted by Crippen LogP contribution is 2.63. The molecule has 0 unspecified atom stereocenters. The molecule has 1 N–H and O–H groups in total. The Morgan fingerprint density at radius 2 is 2.00 bits per heavy atom. The largest absolute Gasteiger partial charge is 0.392 e. The Hall–Kier alpha value is -0.630. The van der Waals surface area contributed by atoms with Crippen molar-refractivity contribution < 1.29 is 9.90 Å². The summed E-state index contributed by atoms with van der Waals surface area (Å²) in [5.74, 6) is 2.18. The molecule has 3 rings (SSSR count). The average Bonchev–Trinajstić information content (AvgIpc) is 2.48. The Bertz CT molecular complexity index is 478. The number of carbonyl (C=O) groups excluding carboxylic acids is 1. The number of rotatable bonds is 2. The fourth-order valence-electron chi connectivity index (χ4n) is 6.29. The molecule has 0 bridgehead atoms. The van der Waals surface area contributed by atoms with E-state index >= 15 is 0 Å². The Kier molecular flexibility index (Phi) is 4.04. The van der Waals surface area contributed by atoms with Crippen LogP contribution in [0.3, 0.4) is 0 Å². The summed E-state index contributed by atoms with van der Waals surface area (Å²) >= 11 is 0. The lowest BCUT2D eigenvalue weighted by molar-refractivity contribution is -0.154. The Labute approximate surface area is 135 Å². The van der Waals surface area contributed by atoms with Crippen molar-refractivity contribution in [3.63, 3.8) is 0 Å². The molecule has 0 spiro atoms. The van der Waals surface area contributed by atoms with E-state index in [1.165, 1.54) is 19.3 Å². The summed E-state index contributed by atoms with van der Waals surface area (Å²) in [6.07, 6.45) is 7.83. The van der Waals surface area contributed by atoms with Crippen LogP contribution >= 0.6 is 0 Å². The van der Waals surface area contributed by atoms with Gasteiger partial charge >= 0.3 is 0 Å². The highest BCUT2D eigenvalue weighted by atomic mass is 16.3. The van der Waals surface area contributed by atoms with Gasteiger partial charge in [-0.2, -0.15) is 0 Å². The Morgan fingerprint density at radius 1 is 1.27 bits per heavy atom. The molecule has 0 amide bonds. The molecule has 0 aliphatic heterocycles. The molecule has 0 aromatic carbocycles. The summed E-state index contributed by atoms with van der Waals surface area (Å²) in [6, 6.07) is 0. The van der Waals surface area contributed by atoms with Crippen LogP contribution in [-0.4, -0.2) is 17.5 Å². The molecular weight excluding hydrogens is 272 g/mol. The zero-order valence-electron chi connectivity index (χ0n) is 14.5. The van der Waals surface area contributed by atoms with E-state index in [1.807, 2.05) is 0 Å². The van der Waals surface area contributed by atoms with E-state index in [0.717, 1.165) is 31.3 Å². The average molecular weight is 304 g/mol. The molecule has 0 aromatic heterocycles.